The van der Waals surface area contributed by atoms with Crippen LogP contribution in [-0.2, 0) is 13.6 Å². The lowest BCUT2D eigenvalue weighted by Crippen LogP contribution is -2.02. The Labute approximate surface area is 120 Å². The van der Waals surface area contributed by atoms with E-state index >= 15 is 0 Å². The maximum Gasteiger partial charge on any atom is 0.157 e. The van der Waals surface area contributed by atoms with E-state index in [-0.39, 0.29) is 6.54 Å². The van der Waals surface area contributed by atoms with Crippen molar-refractivity contribution in [1.29, 1.82) is 0 Å². The Balaban J connectivity index is 1.83. The third-order valence-electron chi connectivity index (χ3n) is 3.36. The molecule has 0 radical (unpaired) electrons. The summed E-state index contributed by atoms with van der Waals surface area (Å²) in [6, 6.07) is 5.47. The molecule has 0 saturated heterocycles. The van der Waals surface area contributed by atoms with Crippen LogP contribution in [0.4, 0.5) is 14.5 Å². The summed E-state index contributed by atoms with van der Waals surface area (Å²) in [7, 11) is 1.84. The zero-order valence-corrected chi connectivity index (χ0v) is 11.7. The third-order valence-corrected chi connectivity index (χ3v) is 3.36. The van der Waals surface area contributed by atoms with Gasteiger partial charge in [-0.05, 0) is 19.1 Å². The summed E-state index contributed by atoms with van der Waals surface area (Å²) in [5.74, 6) is -1.14. The highest BCUT2D eigenvalue weighted by molar-refractivity contribution is 5.81. The molecule has 3 rings (SSSR count). The molecule has 0 fully saturated rings. The molecule has 1 aromatic carbocycles. The maximum absolute atomic E-state index is 13.6. The number of fused-ring (bicyclic) bond motifs is 1. The Kier molecular flexibility index (Phi) is 3.29. The molecule has 3 aromatic rings. The van der Waals surface area contributed by atoms with E-state index in [0.29, 0.717) is 5.56 Å². The summed E-state index contributed by atoms with van der Waals surface area (Å²) in [4.78, 5) is 4.33. The molecule has 108 valence electrons. The number of halogens is 2. The standard InChI is InChI=1S/C15H14F2N4/c1-9-13-6-12(8-19-15(13)21(2)20-9)18-7-10-3-4-11(16)5-14(10)17/h3-6,8,18H,7H2,1-2H3. The molecule has 0 aliphatic rings. The normalized spacial score (nSPS) is 11.0. The first kappa shape index (κ1) is 13.5. The van der Waals surface area contributed by atoms with E-state index in [1.165, 1.54) is 12.1 Å². The fourth-order valence-corrected chi connectivity index (χ4v) is 2.27. The molecule has 2 heterocycles. The Bertz CT molecular complexity index is 811. The number of hydrogen-bond donors (Lipinski definition) is 1. The molecule has 0 saturated carbocycles. The average molecular weight is 288 g/mol. The van der Waals surface area contributed by atoms with Gasteiger partial charge in [0.2, 0.25) is 0 Å². The van der Waals surface area contributed by atoms with Gasteiger partial charge in [0.25, 0.3) is 0 Å². The van der Waals surface area contributed by atoms with Crippen LogP contribution in [0.1, 0.15) is 11.3 Å². The van der Waals surface area contributed by atoms with Crippen LogP contribution in [0, 0.1) is 18.6 Å². The smallest absolute Gasteiger partial charge is 0.157 e. The van der Waals surface area contributed by atoms with Crippen molar-refractivity contribution >= 4 is 16.7 Å². The van der Waals surface area contributed by atoms with Gasteiger partial charge in [-0.1, -0.05) is 6.07 Å². The lowest BCUT2D eigenvalue weighted by molar-refractivity contribution is 0.574. The third kappa shape index (κ3) is 2.56. The van der Waals surface area contributed by atoms with E-state index in [1.54, 1.807) is 10.9 Å². The van der Waals surface area contributed by atoms with E-state index < -0.39 is 11.6 Å². The van der Waals surface area contributed by atoms with Crippen molar-refractivity contribution in [3.8, 4) is 0 Å². The van der Waals surface area contributed by atoms with Gasteiger partial charge in [0, 0.05) is 30.6 Å². The van der Waals surface area contributed by atoms with Gasteiger partial charge in [0.1, 0.15) is 11.6 Å². The molecule has 0 bridgehead atoms. The van der Waals surface area contributed by atoms with E-state index in [1.807, 2.05) is 20.0 Å². The Morgan fingerprint density at radius 3 is 2.81 bits per heavy atom. The number of pyridine rings is 1. The predicted octanol–water partition coefficient (Wildman–Crippen LogP) is 3.17. The number of aromatic nitrogens is 3. The fourth-order valence-electron chi connectivity index (χ4n) is 2.27. The molecule has 0 aliphatic heterocycles. The number of rotatable bonds is 3. The van der Waals surface area contributed by atoms with Crippen molar-refractivity contribution < 1.29 is 8.78 Å². The van der Waals surface area contributed by atoms with Gasteiger partial charge < -0.3 is 5.32 Å². The van der Waals surface area contributed by atoms with E-state index in [9.17, 15) is 8.78 Å². The van der Waals surface area contributed by atoms with Crippen LogP contribution in [0.15, 0.2) is 30.5 Å². The van der Waals surface area contributed by atoms with Gasteiger partial charge >= 0.3 is 0 Å². The molecular formula is C15H14F2N4. The molecular weight excluding hydrogens is 274 g/mol. The lowest BCUT2D eigenvalue weighted by atomic mass is 10.2. The van der Waals surface area contributed by atoms with Crippen molar-refractivity contribution in [2.45, 2.75) is 13.5 Å². The zero-order valence-electron chi connectivity index (χ0n) is 11.7. The van der Waals surface area contributed by atoms with E-state index in [4.69, 9.17) is 0 Å². The van der Waals surface area contributed by atoms with E-state index in [0.717, 1.165) is 28.5 Å². The molecule has 0 aliphatic carbocycles. The summed E-state index contributed by atoms with van der Waals surface area (Å²) in [5, 5.41) is 8.33. The second-order valence-corrected chi connectivity index (χ2v) is 4.89. The molecule has 1 N–H and O–H groups in total. The highest BCUT2D eigenvalue weighted by Crippen LogP contribution is 2.20. The molecule has 4 nitrogen and oxygen atoms in total. The van der Waals surface area contributed by atoms with Crippen LogP contribution in [0.2, 0.25) is 0 Å². The quantitative estimate of drug-likeness (QED) is 0.805. The topological polar surface area (TPSA) is 42.7 Å². The van der Waals surface area contributed by atoms with Crippen molar-refractivity contribution in [3.63, 3.8) is 0 Å². The first-order chi connectivity index (χ1) is 10.0. The van der Waals surface area contributed by atoms with Crippen molar-refractivity contribution in [3.05, 3.63) is 53.4 Å². The molecule has 0 unspecified atom stereocenters. The van der Waals surface area contributed by atoms with Crippen LogP contribution >= 0.6 is 0 Å². The van der Waals surface area contributed by atoms with Crippen molar-refractivity contribution in [2.24, 2.45) is 7.05 Å². The minimum atomic E-state index is -0.578. The summed E-state index contributed by atoms with van der Waals surface area (Å²) >= 11 is 0. The highest BCUT2D eigenvalue weighted by Gasteiger charge is 2.08. The predicted molar refractivity (Wildman–Crippen MR) is 76.9 cm³/mol. The first-order valence-corrected chi connectivity index (χ1v) is 6.52. The van der Waals surface area contributed by atoms with Crippen LogP contribution in [0.5, 0.6) is 0 Å². The Hall–Kier alpha value is -2.50. The summed E-state index contributed by atoms with van der Waals surface area (Å²) in [6.45, 7) is 2.17. The van der Waals surface area contributed by atoms with Crippen LogP contribution < -0.4 is 5.32 Å². The summed E-state index contributed by atoms with van der Waals surface area (Å²) < 4.78 is 28.1. The van der Waals surface area contributed by atoms with Crippen LogP contribution in [0.3, 0.4) is 0 Å². The highest BCUT2D eigenvalue weighted by atomic mass is 19.1. The van der Waals surface area contributed by atoms with Gasteiger partial charge in [-0.3, -0.25) is 4.68 Å². The molecule has 0 spiro atoms. The van der Waals surface area contributed by atoms with E-state index in [2.05, 4.69) is 15.4 Å². The first-order valence-electron chi connectivity index (χ1n) is 6.52. The second-order valence-electron chi connectivity index (χ2n) is 4.89. The monoisotopic (exact) mass is 288 g/mol. The molecule has 21 heavy (non-hydrogen) atoms. The van der Waals surface area contributed by atoms with Crippen molar-refractivity contribution in [1.82, 2.24) is 14.8 Å². The average Bonchev–Trinajstić information content (AvgIpc) is 2.73. The van der Waals surface area contributed by atoms with Crippen LogP contribution in [-0.4, -0.2) is 14.8 Å². The molecule has 0 amide bonds. The van der Waals surface area contributed by atoms with Gasteiger partial charge in [-0.2, -0.15) is 5.10 Å². The fraction of sp³-hybridized carbons (Fsp3) is 0.200. The molecule has 2 aromatic heterocycles. The number of aryl methyl sites for hydroxylation is 2. The number of nitrogens with one attached hydrogen (secondary N) is 1. The Morgan fingerprint density at radius 1 is 1.24 bits per heavy atom. The number of nitrogens with zero attached hydrogens (tertiary/aromatic N) is 3. The zero-order chi connectivity index (χ0) is 15.0. The van der Waals surface area contributed by atoms with Gasteiger partial charge in [0.15, 0.2) is 5.65 Å². The SMILES string of the molecule is Cc1nn(C)c2ncc(NCc3ccc(F)cc3F)cc12. The number of benzene rings is 1. The van der Waals surface area contributed by atoms with Crippen molar-refractivity contribution in [2.75, 3.05) is 5.32 Å². The van der Waals surface area contributed by atoms with Gasteiger partial charge in [-0.15, -0.1) is 0 Å². The van der Waals surface area contributed by atoms with Crippen LogP contribution in [0.25, 0.3) is 11.0 Å². The van der Waals surface area contributed by atoms with Gasteiger partial charge in [0.05, 0.1) is 17.6 Å². The minimum absolute atomic E-state index is 0.263. The molecule has 6 heteroatoms. The maximum atomic E-state index is 13.6. The van der Waals surface area contributed by atoms with Gasteiger partial charge in [-0.25, -0.2) is 13.8 Å². The largest absolute Gasteiger partial charge is 0.380 e. The second kappa shape index (κ2) is 5.12. The minimum Gasteiger partial charge on any atom is -0.380 e. The lowest BCUT2D eigenvalue weighted by Gasteiger charge is -2.07. The number of hydrogen-bond acceptors (Lipinski definition) is 3. The summed E-state index contributed by atoms with van der Waals surface area (Å²) in [6.07, 6.45) is 1.67. The Morgan fingerprint density at radius 2 is 2.05 bits per heavy atom. The summed E-state index contributed by atoms with van der Waals surface area (Å²) in [5.41, 5.74) is 2.85. The molecule has 0 atom stereocenters. The number of anilines is 1.